The molecule has 1 aromatic carbocycles. The molecule has 6 heteroatoms. The Balaban J connectivity index is 2.28. The number of aromatic nitrogens is 2. The highest BCUT2D eigenvalue weighted by molar-refractivity contribution is 5.94. The van der Waals surface area contributed by atoms with Crippen molar-refractivity contribution >= 4 is 17.4 Å². The minimum Gasteiger partial charge on any atom is -0.359 e. The standard InChI is InChI=1S/C15H15N5O/c1-9(21)17-13-11(8-16)19-20-12-7-5-4-6-10(12)15(2,3)18-14(13)20/h4-7,18H,1-3H3,(H,17,21). The average molecular weight is 281 g/mol. The Morgan fingerprint density at radius 1 is 1.43 bits per heavy atom. The lowest BCUT2D eigenvalue weighted by molar-refractivity contribution is -0.114. The van der Waals surface area contributed by atoms with Gasteiger partial charge in [0.15, 0.2) is 11.5 Å². The van der Waals surface area contributed by atoms with Crippen LogP contribution in [0.25, 0.3) is 5.69 Å². The maximum absolute atomic E-state index is 11.4. The molecule has 2 N–H and O–H groups in total. The second-order valence-corrected chi connectivity index (χ2v) is 5.54. The topological polar surface area (TPSA) is 82.7 Å². The number of hydrogen-bond donors (Lipinski definition) is 2. The summed E-state index contributed by atoms with van der Waals surface area (Å²) in [6, 6.07) is 9.90. The number of hydrogen-bond acceptors (Lipinski definition) is 4. The van der Waals surface area contributed by atoms with Crippen LogP contribution in [0.1, 0.15) is 32.0 Å². The minimum atomic E-state index is -0.327. The van der Waals surface area contributed by atoms with Crippen molar-refractivity contribution in [2.75, 3.05) is 10.6 Å². The van der Waals surface area contributed by atoms with Gasteiger partial charge in [-0.1, -0.05) is 18.2 Å². The van der Waals surface area contributed by atoms with Crippen molar-refractivity contribution in [1.82, 2.24) is 9.78 Å². The van der Waals surface area contributed by atoms with E-state index in [1.54, 1.807) is 4.68 Å². The number of fused-ring (bicyclic) bond motifs is 3. The fraction of sp³-hybridized carbons (Fsp3) is 0.267. The third kappa shape index (κ3) is 1.94. The zero-order valence-electron chi connectivity index (χ0n) is 12.1. The molecule has 6 nitrogen and oxygen atoms in total. The smallest absolute Gasteiger partial charge is 0.221 e. The molecule has 0 fully saturated rings. The highest BCUT2D eigenvalue weighted by Gasteiger charge is 2.34. The Bertz CT molecular complexity index is 782. The summed E-state index contributed by atoms with van der Waals surface area (Å²) >= 11 is 0. The number of rotatable bonds is 1. The van der Waals surface area contributed by atoms with Crippen LogP contribution in [0.4, 0.5) is 11.5 Å². The van der Waals surface area contributed by atoms with E-state index in [0.29, 0.717) is 11.5 Å². The molecule has 0 bridgehead atoms. The second-order valence-electron chi connectivity index (χ2n) is 5.54. The number of nitriles is 1. The Morgan fingerprint density at radius 3 is 2.81 bits per heavy atom. The van der Waals surface area contributed by atoms with Crippen molar-refractivity contribution in [3.63, 3.8) is 0 Å². The van der Waals surface area contributed by atoms with Crippen LogP contribution >= 0.6 is 0 Å². The lowest BCUT2D eigenvalue weighted by atomic mass is 9.91. The highest BCUT2D eigenvalue weighted by atomic mass is 16.1. The summed E-state index contributed by atoms with van der Waals surface area (Å²) in [5, 5.41) is 19.6. The van der Waals surface area contributed by atoms with E-state index in [1.807, 2.05) is 44.2 Å². The fourth-order valence-corrected chi connectivity index (χ4v) is 2.63. The maximum atomic E-state index is 11.4. The molecule has 0 saturated heterocycles. The van der Waals surface area contributed by atoms with Crippen molar-refractivity contribution in [3.8, 4) is 11.8 Å². The molecule has 21 heavy (non-hydrogen) atoms. The van der Waals surface area contributed by atoms with Gasteiger partial charge in [-0.2, -0.15) is 10.4 Å². The molecule has 0 aliphatic carbocycles. The normalized spacial score (nSPS) is 14.4. The predicted molar refractivity (Wildman–Crippen MR) is 79.2 cm³/mol. The van der Waals surface area contributed by atoms with Gasteiger partial charge in [-0.15, -0.1) is 0 Å². The van der Waals surface area contributed by atoms with Crippen molar-refractivity contribution in [1.29, 1.82) is 5.26 Å². The van der Waals surface area contributed by atoms with Gasteiger partial charge in [0.05, 0.1) is 11.2 Å². The van der Waals surface area contributed by atoms with Crippen LogP contribution in [0.15, 0.2) is 24.3 Å². The molecule has 106 valence electrons. The second kappa shape index (κ2) is 4.35. The SMILES string of the molecule is CC(=O)Nc1c(C#N)nn2c1NC(C)(C)c1ccccc1-2. The van der Waals surface area contributed by atoms with E-state index in [9.17, 15) is 10.1 Å². The summed E-state index contributed by atoms with van der Waals surface area (Å²) in [4.78, 5) is 11.4. The first-order valence-electron chi connectivity index (χ1n) is 6.63. The Morgan fingerprint density at radius 2 is 2.14 bits per heavy atom. The van der Waals surface area contributed by atoms with Gasteiger partial charge in [-0.25, -0.2) is 4.68 Å². The number of para-hydroxylation sites is 1. The molecular weight excluding hydrogens is 266 g/mol. The summed E-state index contributed by atoms with van der Waals surface area (Å²) in [5.41, 5.74) is 2.28. The lowest BCUT2D eigenvalue weighted by Gasteiger charge is -2.35. The third-order valence-electron chi connectivity index (χ3n) is 3.53. The Hall–Kier alpha value is -2.81. The van der Waals surface area contributed by atoms with Crippen LogP contribution in [0.2, 0.25) is 0 Å². The van der Waals surface area contributed by atoms with Crippen LogP contribution in [-0.4, -0.2) is 15.7 Å². The summed E-state index contributed by atoms with van der Waals surface area (Å²) < 4.78 is 1.67. The number of carbonyl (C=O) groups is 1. The van der Waals surface area contributed by atoms with Crippen molar-refractivity contribution < 1.29 is 4.79 Å². The average Bonchev–Trinajstić information content (AvgIpc) is 2.76. The minimum absolute atomic E-state index is 0.195. The zero-order valence-corrected chi connectivity index (χ0v) is 12.1. The Kier molecular flexibility index (Phi) is 2.73. The molecule has 0 atom stereocenters. The quantitative estimate of drug-likeness (QED) is 0.840. The molecule has 2 aromatic rings. The predicted octanol–water partition coefficient (Wildman–Crippen LogP) is 2.36. The van der Waals surface area contributed by atoms with Gasteiger partial charge >= 0.3 is 0 Å². The Labute approximate surface area is 122 Å². The van der Waals surface area contributed by atoms with Crippen LogP contribution in [-0.2, 0) is 10.3 Å². The van der Waals surface area contributed by atoms with Gasteiger partial charge in [0, 0.05) is 12.5 Å². The van der Waals surface area contributed by atoms with E-state index >= 15 is 0 Å². The molecule has 3 rings (SSSR count). The van der Waals surface area contributed by atoms with E-state index in [1.165, 1.54) is 6.92 Å². The van der Waals surface area contributed by atoms with Crippen molar-refractivity contribution in [2.24, 2.45) is 0 Å². The molecule has 1 aromatic heterocycles. The van der Waals surface area contributed by atoms with E-state index in [4.69, 9.17) is 0 Å². The summed E-state index contributed by atoms with van der Waals surface area (Å²) in [6.45, 7) is 5.50. The van der Waals surface area contributed by atoms with E-state index in [-0.39, 0.29) is 17.1 Å². The molecule has 0 unspecified atom stereocenters. The molecule has 1 aliphatic heterocycles. The maximum Gasteiger partial charge on any atom is 0.221 e. The molecule has 1 aliphatic rings. The summed E-state index contributed by atoms with van der Waals surface area (Å²) in [6.07, 6.45) is 0. The van der Waals surface area contributed by atoms with Crippen LogP contribution < -0.4 is 10.6 Å². The molecule has 0 spiro atoms. The van der Waals surface area contributed by atoms with Crippen LogP contribution in [0, 0.1) is 11.3 Å². The number of nitrogens with zero attached hydrogens (tertiary/aromatic N) is 3. The third-order valence-corrected chi connectivity index (χ3v) is 3.53. The summed E-state index contributed by atoms with van der Waals surface area (Å²) in [5.74, 6) is 0.395. The number of anilines is 2. The first kappa shape index (κ1) is 13.2. The highest BCUT2D eigenvalue weighted by Crippen LogP contribution is 2.41. The van der Waals surface area contributed by atoms with E-state index in [0.717, 1.165) is 11.3 Å². The van der Waals surface area contributed by atoms with Gasteiger partial charge in [-0.3, -0.25) is 4.79 Å². The number of carbonyl (C=O) groups excluding carboxylic acids is 1. The zero-order chi connectivity index (χ0) is 15.2. The monoisotopic (exact) mass is 281 g/mol. The first-order valence-corrected chi connectivity index (χ1v) is 6.63. The van der Waals surface area contributed by atoms with E-state index < -0.39 is 0 Å². The molecule has 1 amide bonds. The van der Waals surface area contributed by atoms with Crippen LogP contribution in [0.3, 0.4) is 0 Å². The van der Waals surface area contributed by atoms with Gasteiger partial charge in [0.25, 0.3) is 0 Å². The molecular formula is C15H15N5O. The van der Waals surface area contributed by atoms with Crippen molar-refractivity contribution in [3.05, 3.63) is 35.5 Å². The molecule has 0 saturated carbocycles. The van der Waals surface area contributed by atoms with Gasteiger partial charge in [0.2, 0.25) is 5.91 Å². The molecule has 0 radical (unpaired) electrons. The van der Waals surface area contributed by atoms with E-state index in [2.05, 4.69) is 15.7 Å². The lowest BCUT2D eigenvalue weighted by Crippen LogP contribution is -2.35. The van der Waals surface area contributed by atoms with Crippen LogP contribution in [0.5, 0.6) is 0 Å². The van der Waals surface area contributed by atoms with Crippen molar-refractivity contribution in [2.45, 2.75) is 26.3 Å². The largest absolute Gasteiger partial charge is 0.359 e. The van der Waals surface area contributed by atoms with Gasteiger partial charge < -0.3 is 10.6 Å². The van der Waals surface area contributed by atoms with Gasteiger partial charge in [0.1, 0.15) is 11.8 Å². The first-order chi connectivity index (χ1) is 9.94. The summed E-state index contributed by atoms with van der Waals surface area (Å²) in [7, 11) is 0. The number of amides is 1. The number of benzene rings is 1. The number of nitrogens with one attached hydrogen (secondary N) is 2. The molecule has 2 heterocycles. The fourth-order valence-electron chi connectivity index (χ4n) is 2.63. The van der Waals surface area contributed by atoms with Gasteiger partial charge in [-0.05, 0) is 19.9 Å².